The number of rotatable bonds is 0. The summed E-state index contributed by atoms with van der Waals surface area (Å²) in [6, 6.07) is 0. The van der Waals surface area contributed by atoms with Gasteiger partial charge in [0.05, 0.1) is 0 Å². The van der Waals surface area contributed by atoms with Crippen LogP contribution in [0.3, 0.4) is 0 Å². The Hall–Kier alpha value is 1.02. The molecule has 0 amide bonds. The second-order valence-electron chi connectivity index (χ2n) is 2.05. The molecule has 51 valence electrons. The van der Waals surface area contributed by atoms with Crippen molar-refractivity contribution in [3.63, 3.8) is 0 Å². The maximum absolute atomic E-state index is 3.92. The van der Waals surface area contributed by atoms with Crippen LogP contribution in [0.15, 0.2) is 0 Å². The Morgan fingerprint density at radius 3 is 0.778 bits per heavy atom. The molecule has 3 heteroatoms. The summed E-state index contributed by atoms with van der Waals surface area (Å²) in [6.45, 7) is 4.50. The summed E-state index contributed by atoms with van der Waals surface area (Å²) in [5.74, 6) is 0. The average Bonchev–Trinajstić information content (AvgIpc) is 1.12. The fraction of sp³-hybridized carbons (Fsp3) is 1.00. The van der Waals surface area contributed by atoms with E-state index < -0.39 is 0 Å². The summed E-state index contributed by atoms with van der Waals surface area (Å²) >= 11 is 0. The van der Waals surface area contributed by atoms with E-state index in [2.05, 4.69) is 10.6 Å². The van der Waals surface area contributed by atoms with Gasteiger partial charge in [0.1, 0.15) is 0 Å². The van der Waals surface area contributed by atoms with E-state index in [1.807, 2.05) is 0 Å². The van der Waals surface area contributed by atoms with Crippen LogP contribution in [0.4, 0.5) is 0 Å². The molecule has 1 radical (unpaired) electrons. The molecule has 0 unspecified atom stereocenters. The van der Waals surface area contributed by atoms with Crippen molar-refractivity contribution in [1.82, 2.24) is 0 Å². The topological polar surface area (TPSA) is 28.2 Å². The zero-order valence-corrected chi connectivity index (χ0v) is 8.55. The van der Waals surface area contributed by atoms with E-state index in [1.54, 1.807) is 0 Å². The Morgan fingerprint density at radius 1 is 0.667 bits per heavy atom. The SMILES string of the molecule is C1C[N-]C1.C1C[N-]C1.[Y]. The molecule has 2 saturated heterocycles. The second kappa shape index (κ2) is 7.13. The fourth-order valence-electron chi connectivity index (χ4n) is 0.316. The third kappa shape index (κ3) is 5.47. The summed E-state index contributed by atoms with van der Waals surface area (Å²) in [7, 11) is 0. The second-order valence-corrected chi connectivity index (χ2v) is 2.05. The molecule has 2 aliphatic heterocycles. The predicted molar refractivity (Wildman–Crippen MR) is 35.4 cm³/mol. The molecule has 0 bridgehead atoms. The Bertz CT molecular complexity index is 35.0. The summed E-state index contributed by atoms with van der Waals surface area (Å²) in [6.07, 6.45) is 2.67. The maximum atomic E-state index is 3.92. The Kier molecular flexibility index (Phi) is 7.95. The number of nitrogens with zero attached hydrogens (tertiary/aromatic N) is 2. The third-order valence-corrected chi connectivity index (χ3v) is 1.26. The molecule has 0 spiro atoms. The van der Waals surface area contributed by atoms with Gasteiger partial charge in [-0.1, -0.05) is 12.8 Å². The van der Waals surface area contributed by atoms with Crippen LogP contribution < -0.4 is 0 Å². The van der Waals surface area contributed by atoms with Crippen LogP contribution in [-0.4, -0.2) is 26.2 Å². The van der Waals surface area contributed by atoms with Gasteiger partial charge in [0, 0.05) is 32.7 Å². The van der Waals surface area contributed by atoms with Gasteiger partial charge >= 0.3 is 0 Å². The first-order valence-corrected chi connectivity index (χ1v) is 3.26. The Labute approximate surface area is 82.0 Å². The molecule has 0 aliphatic carbocycles. The zero-order chi connectivity index (χ0) is 5.66. The van der Waals surface area contributed by atoms with Crippen LogP contribution in [0.1, 0.15) is 12.8 Å². The maximum Gasteiger partial charge on any atom is 0 e. The van der Waals surface area contributed by atoms with Crippen LogP contribution in [0.5, 0.6) is 0 Å². The molecule has 0 atom stereocenters. The van der Waals surface area contributed by atoms with Crippen LogP contribution in [0.25, 0.3) is 10.6 Å². The quantitative estimate of drug-likeness (QED) is 0.568. The summed E-state index contributed by atoms with van der Waals surface area (Å²) in [5, 5.41) is 7.83. The van der Waals surface area contributed by atoms with E-state index in [0.717, 1.165) is 26.2 Å². The van der Waals surface area contributed by atoms with Gasteiger partial charge in [0.15, 0.2) is 0 Å². The van der Waals surface area contributed by atoms with Gasteiger partial charge in [-0.15, -0.1) is 0 Å². The molecule has 2 fully saturated rings. The first-order chi connectivity index (χ1) is 4.00. The fourth-order valence-corrected chi connectivity index (χ4v) is 0.316. The molecule has 0 saturated carbocycles. The van der Waals surface area contributed by atoms with Gasteiger partial charge in [-0.05, 0) is 0 Å². The van der Waals surface area contributed by atoms with Crippen molar-refractivity contribution in [2.75, 3.05) is 26.2 Å². The van der Waals surface area contributed by atoms with E-state index in [4.69, 9.17) is 0 Å². The van der Waals surface area contributed by atoms with Crippen LogP contribution in [-0.2, 0) is 32.7 Å². The van der Waals surface area contributed by atoms with E-state index in [-0.39, 0.29) is 32.7 Å². The molecule has 0 aromatic rings. The molecule has 2 aliphatic rings. The molecule has 9 heavy (non-hydrogen) atoms. The smallest absolute Gasteiger partial charge is 0 e. The average molecular weight is 201 g/mol. The molecule has 2 heterocycles. The van der Waals surface area contributed by atoms with Crippen molar-refractivity contribution in [2.24, 2.45) is 0 Å². The van der Waals surface area contributed by atoms with Gasteiger partial charge in [0.25, 0.3) is 0 Å². The van der Waals surface area contributed by atoms with E-state index in [0.29, 0.717) is 0 Å². The van der Waals surface area contributed by atoms with Gasteiger partial charge in [-0.2, -0.15) is 26.2 Å². The van der Waals surface area contributed by atoms with Gasteiger partial charge in [-0.3, -0.25) is 0 Å². The van der Waals surface area contributed by atoms with Crippen molar-refractivity contribution in [1.29, 1.82) is 0 Å². The minimum absolute atomic E-state index is 0. The molecular weight excluding hydrogens is 189 g/mol. The van der Waals surface area contributed by atoms with Gasteiger partial charge in [0.2, 0.25) is 0 Å². The van der Waals surface area contributed by atoms with Crippen LogP contribution in [0, 0.1) is 0 Å². The van der Waals surface area contributed by atoms with Crippen molar-refractivity contribution in [3.05, 3.63) is 10.6 Å². The summed E-state index contributed by atoms with van der Waals surface area (Å²) < 4.78 is 0. The molecule has 0 N–H and O–H groups in total. The molecule has 0 aromatic heterocycles. The van der Waals surface area contributed by atoms with Crippen LogP contribution >= 0.6 is 0 Å². The summed E-state index contributed by atoms with van der Waals surface area (Å²) in [5.41, 5.74) is 0. The van der Waals surface area contributed by atoms with Crippen molar-refractivity contribution < 1.29 is 32.7 Å². The zero-order valence-electron chi connectivity index (χ0n) is 5.71. The molecule has 2 rings (SSSR count). The summed E-state index contributed by atoms with van der Waals surface area (Å²) in [4.78, 5) is 0. The predicted octanol–water partition coefficient (Wildman–Crippen LogP) is 1.53. The van der Waals surface area contributed by atoms with Crippen molar-refractivity contribution >= 4 is 0 Å². The largest absolute Gasteiger partial charge is 0.662 e. The Morgan fingerprint density at radius 2 is 0.778 bits per heavy atom. The third-order valence-electron chi connectivity index (χ3n) is 1.26. The van der Waals surface area contributed by atoms with Gasteiger partial charge in [-0.25, -0.2) is 0 Å². The molecular formula is C6H12N2Y-2. The number of hydrogen-bond donors (Lipinski definition) is 0. The number of hydrogen-bond acceptors (Lipinski definition) is 0. The van der Waals surface area contributed by atoms with Crippen molar-refractivity contribution in [3.8, 4) is 0 Å². The Balaban J connectivity index is 0.000000128. The van der Waals surface area contributed by atoms with E-state index >= 15 is 0 Å². The molecule has 0 aromatic carbocycles. The first kappa shape index (κ1) is 10.0. The standard InChI is InChI=1S/2C3H6N.Y/c2*1-2-4-3-1;/h2*1-3H2;/q2*-1;. The van der Waals surface area contributed by atoms with E-state index in [1.165, 1.54) is 12.8 Å². The first-order valence-electron chi connectivity index (χ1n) is 3.26. The van der Waals surface area contributed by atoms with E-state index in [9.17, 15) is 0 Å². The van der Waals surface area contributed by atoms with Crippen LogP contribution in [0.2, 0.25) is 0 Å². The monoisotopic (exact) mass is 201 g/mol. The minimum Gasteiger partial charge on any atom is -0.662 e. The normalized spacial score (nSPS) is 21.3. The van der Waals surface area contributed by atoms with Gasteiger partial charge < -0.3 is 10.6 Å². The molecule has 2 nitrogen and oxygen atoms in total. The van der Waals surface area contributed by atoms with Crippen molar-refractivity contribution in [2.45, 2.75) is 12.8 Å². The minimum atomic E-state index is 0.